The molecule has 0 bridgehead atoms. The van der Waals surface area contributed by atoms with E-state index in [1.54, 1.807) is 0 Å². The van der Waals surface area contributed by atoms with E-state index in [4.69, 9.17) is 4.74 Å². The summed E-state index contributed by atoms with van der Waals surface area (Å²) >= 11 is 0. The summed E-state index contributed by atoms with van der Waals surface area (Å²) in [5, 5.41) is 11.1. The van der Waals surface area contributed by atoms with Crippen LogP contribution in [0, 0.1) is 6.92 Å². The van der Waals surface area contributed by atoms with Crippen LogP contribution in [0.3, 0.4) is 0 Å². The molecule has 3 rings (SSSR count). The van der Waals surface area contributed by atoms with Gasteiger partial charge in [0.1, 0.15) is 23.7 Å². The van der Waals surface area contributed by atoms with Crippen molar-refractivity contribution in [3.05, 3.63) is 40.7 Å². The highest BCUT2D eigenvalue weighted by Crippen LogP contribution is 2.33. The molecule has 1 N–H and O–H groups in total. The summed E-state index contributed by atoms with van der Waals surface area (Å²) in [4.78, 5) is 0. The number of rotatable bonds is 5. The third kappa shape index (κ3) is 2.54. The van der Waals surface area contributed by atoms with Crippen molar-refractivity contribution in [2.75, 3.05) is 6.54 Å². The van der Waals surface area contributed by atoms with E-state index >= 15 is 0 Å². The molecule has 0 spiro atoms. The van der Waals surface area contributed by atoms with Gasteiger partial charge in [-0.25, -0.2) is 4.63 Å². The van der Waals surface area contributed by atoms with Crippen LogP contribution < -0.4 is 10.1 Å². The normalized spacial score (nSPS) is 17.2. The Kier molecular flexibility index (Phi) is 3.69. The Bertz CT molecular complexity index is 595. The maximum Gasteiger partial charge on any atom is 0.145 e. The first-order chi connectivity index (χ1) is 9.78. The van der Waals surface area contributed by atoms with Gasteiger partial charge in [0.15, 0.2) is 0 Å². The molecule has 0 aliphatic heterocycles. The van der Waals surface area contributed by atoms with Crippen molar-refractivity contribution in [1.29, 1.82) is 0 Å². The van der Waals surface area contributed by atoms with Crippen molar-refractivity contribution in [2.45, 2.75) is 39.3 Å². The van der Waals surface area contributed by atoms with E-state index < -0.39 is 0 Å². The zero-order chi connectivity index (χ0) is 13.9. The Morgan fingerprint density at radius 1 is 1.40 bits per heavy atom. The van der Waals surface area contributed by atoms with Crippen molar-refractivity contribution < 1.29 is 9.37 Å². The predicted molar refractivity (Wildman–Crippen MR) is 74.5 cm³/mol. The summed E-state index contributed by atoms with van der Waals surface area (Å²) in [5.41, 5.74) is 4.30. The molecule has 0 amide bonds. The van der Waals surface area contributed by atoms with Crippen LogP contribution in [-0.4, -0.2) is 16.9 Å². The molecule has 20 heavy (non-hydrogen) atoms. The van der Waals surface area contributed by atoms with E-state index in [9.17, 15) is 0 Å². The molecule has 5 nitrogen and oxygen atoms in total. The van der Waals surface area contributed by atoms with Crippen molar-refractivity contribution in [2.24, 2.45) is 0 Å². The van der Waals surface area contributed by atoms with Crippen LogP contribution in [0.25, 0.3) is 0 Å². The van der Waals surface area contributed by atoms with Crippen LogP contribution in [0.4, 0.5) is 0 Å². The number of aromatic nitrogens is 2. The van der Waals surface area contributed by atoms with Crippen molar-refractivity contribution in [3.8, 4) is 5.75 Å². The summed E-state index contributed by atoms with van der Waals surface area (Å²) in [6.07, 6.45) is 2.27. The summed E-state index contributed by atoms with van der Waals surface area (Å²) in [6.45, 7) is 5.40. The SMILES string of the molecule is CCNC1CCc2cc(OCc3nonc3C)ccc21. The zero-order valence-corrected chi connectivity index (χ0v) is 11.8. The minimum Gasteiger partial charge on any atom is -0.487 e. The van der Waals surface area contributed by atoms with Gasteiger partial charge in [-0.1, -0.05) is 23.3 Å². The highest BCUT2D eigenvalue weighted by Gasteiger charge is 2.21. The van der Waals surface area contributed by atoms with Crippen LogP contribution in [-0.2, 0) is 13.0 Å². The molecule has 1 heterocycles. The third-order valence-electron chi connectivity index (χ3n) is 3.76. The lowest BCUT2D eigenvalue weighted by atomic mass is 10.1. The lowest BCUT2D eigenvalue weighted by Gasteiger charge is -2.13. The van der Waals surface area contributed by atoms with Crippen LogP contribution in [0.1, 0.15) is 41.9 Å². The van der Waals surface area contributed by atoms with Crippen LogP contribution in [0.5, 0.6) is 5.75 Å². The van der Waals surface area contributed by atoms with Crippen molar-refractivity contribution >= 4 is 0 Å². The van der Waals surface area contributed by atoms with Gasteiger partial charge < -0.3 is 10.1 Å². The van der Waals surface area contributed by atoms with Gasteiger partial charge in [0.25, 0.3) is 0 Å². The Morgan fingerprint density at radius 2 is 2.30 bits per heavy atom. The summed E-state index contributed by atoms with van der Waals surface area (Å²) in [5.74, 6) is 0.878. The standard InChI is InChI=1S/C15H19N3O2/c1-3-16-14-7-4-11-8-12(5-6-13(11)14)19-9-15-10(2)17-20-18-15/h5-6,8,14,16H,3-4,7,9H2,1-2H3. The van der Waals surface area contributed by atoms with E-state index in [1.165, 1.54) is 17.5 Å². The van der Waals surface area contributed by atoms with Gasteiger partial charge in [0, 0.05) is 6.04 Å². The molecule has 1 aromatic heterocycles. The van der Waals surface area contributed by atoms with Crippen LogP contribution in [0.15, 0.2) is 22.8 Å². The van der Waals surface area contributed by atoms with Gasteiger partial charge in [0.2, 0.25) is 0 Å². The molecule has 0 radical (unpaired) electrons. The average Bonchev–Trinajstić information content (AvgIpc) is 3.04. The Hall–Kier alpha value is -1.88. The monoisotopic (exact) mass is 273 g/mol. The number of fused-ring (bicyclic) bond motifs is 1. The molecule has 0 saturated carbocycles. The molecule has 106 valence electrons. The quantitative estimate of drug-likeness (QED) is 0.907. The third-order valence-corrected chi connectivity index (χ3v) is 3.76. The van der Waals surface area contributed by atoms with Gasteiger partial charge in [-0.05, 0) is 49.6 Å². The molecule has 0 saturated heterocycles. The van der Waals surface area contributed by atoms with Gasteiger partial charge in [-0.2, -0.15) is 0 Å². The van der Waals surface area contributed by atoms with Crippen molar-refractivity contribution in [1.82, 2.24) is 15.6 Å². The number of benzene rings is 1. The number of ether oxygens (including phenoxy) is 1. The molecule has 0 fully saturated rings. The minimum absolute atomic E-state index is 0.394. The van der Waals surface area contributed by atoms with E-state index in [-0.39, 0.29) is 0 Å². The van der Waals surface area contributed by atoms with E-state index in [2.05, 4.69) is 39.3 Å². The first-order valence-electron chi connectivity index (χ1n) is 7.05. The Balaban J connectivity index is 1.69. The average molecular weight is 273 g/mol. The molecule has 1 atom stereocenters. The van der Waals surface area contributed by atoms with Gasteiger partial charge in [-0.15, -0.1) is 0 Å². The molecular weight excluding hydrogens is 254 g/mol. The molecule has 1 aliphatic carbocycles. The second kappa shape index (κ2) is 5.63. The molecule has 1 aromatic carbocycles. The summed E-state index contributed by atoms with van der Waals surface area (Å²) < 4.78 is 10.4. The highest BCUT2D eigenvalue weighted by atomic mass is 16.6. The van der Waals surface area contributed by atoms with Crippen LogP contribution >= 0.6 is 0 Å². The number of hydrogen-bond donors (Lipinski definition) is 1. The first kappa shape index (κ1) is 13.1. The topological polar surface area (TPSA) is 60.2 Å². The van der Waals surface area contributed by atoms with E-state index in [1.807, 2.05) is 13.0 Å². The predicted octanol–water partition coefficient (Wildman–Crippen LogP) is 2.55. The van der Waals surface area contributed by atoms with Gasteiger partial charge in [-0.3, -0.25) is 0 Å². The van der Waals surface area contributed by atoms with Gasteiger partial charge >= 0.3 is 0 Å². The smallest absolute Gasteiger partial charge is 0.145 e. The van der Waals surface area contributed by atoms with Crippen molar-refractivity contribution in [3.63, 3.8) is 0 Å². The number of hydrogen-bond acceptors (Lipinski definition) is 5. The minimum atomic E-state index is 0.394. The lowest BCUT2D eigenvalue weighted by molar-refractivity contribution is 0.270. The molecule has 2 aromatic rings. The fourth-order valence-electron chi connectivity index (χ4n) is 2.67. The highest BCUT2D eigenvalue weighted by molar-refractivity contribution is 5.40. The second-order valence-corrected chi connectivity index (χ2v) is 5.09. The molecule has 1 aliphatic rings. The second-order valence-electron chi connectivity index (χ2n) is 5.09. The maximum absolute atomic E-state index is 5.77. The summed E-state index contributed by atoms with van der Waals surface area (Å²) in [6, 6.07) is 6.82. The summed E-state index contributed by atoms with van der Waals surface area (Å²) in [7, 11) is 0. The number of nitrogens with zero attached hydrogens (tertiary/aromatic N) is 2. The lowest BCUT2D eigenvalue weighted by Crippen LogP contribution is -2.18. The van der Waals surface area contributed by atoms with E-state index in [0.717, 1.165) is 30.1 Å². The van der Waals surface area contributed by atoms with Crippen LogP contribution in [0.2, 0.25) is 0 Å². The fraction of sp³-hybridized carbons (Fsp3) is 0.467. The largest absolute Gasteiger partial charge is 0.487 e. The van der Waals surface area contributed by atoms with Gasteiger partial charge in [0.05, 0.1) is 0 Å². The molecular formula is C15H19N3O2. The first-order valence-corrected chi connectivity index (χ1v) is 7.05. The van der Waals surface area contributed by atoms with E-state index in [0.29, 0.717) is 12.6 Å². The zero-order valence-electron chi connectivity index (χ0n) is 11.8. The maximum atomic E-state index is 5.77. The fourth-order valence-corrected chi connectivity index (χ4v) is 2.67. The molecule has 1 unspecified atom stereocenters. The number of aryl methyl sites for hydroxylation is 2. The molecule has 5 heteroatoms. The number of nitrogens with one attached hydrogen (secondary N) is 1. The Labute approximate surface area is 118 Å². The Morgan fingerprint density at radius 3 is 3.05 bits per heavy atom.